The summed E-state index contributed by atoms with van der Waals surface area (Å²) in [4.78, 5) is 37.3. The van der Waals surface area contributed by atoms with E-state index < -0.39 is 4.92 Å². The Balaban J connectivity index is 1.54. The van der Waals surface area contributed by atoms with Crippen molar-refractivity contribution >= 4 is 46.9 Å². The Kier molecular flexibility index (Phi) is 7.66. The maximum absolute atomic E-state index is 12.7. The topological polar surface area (TPSA) is 114 Å². The van der Waals surface area contributed by atoms with Gasteiger partial charge in [-0.3, -0.25) is 19.7 Å². The van der Waals surface area contributed by atoms with Crippen molar-refractivity contribution in [2.75, 3.05) is 20.2 Å². The third kappa shape index (κ3) is 5.54. The molecule has 2 amide bonds. The minimum Gasteiger partial charge on any atom is -0.490 e. The molecule has 1 fully saturated rings. The van der Waals surface area contributed by atoms with E-state index in [1.807, 2.05) is 0 Å². The lowest BCUT2D eigenvalue weighted by Crippen LogP contribution is -2.42. The highest BCUT2D eigenvalue weighted by molar-refractivity contribution is 6.36. The van der Waals surface area contributed by atoms with Gasteiger partial charge in [-0.2, -0.15) is 5.10 Å². The number of rotatable bonds is 6. The van der Waals surface area contributed by atoms with Crippen LogP contribution in [0.1, 0.15) is 28.8 Å². The molecule has 1 heterocycles. The lowest BCUT2D eigenvalue weighted by molar-refractivity contribution is -0.385. The van der Waals surface area contributed by atoms with Crippen molar-refractivity contribution in [2.24, 2.45) is 11.0 Å². The first kappa shape index (κ1) is 23.5. The Morgan fingerprint density at radius 1 is 1.22 bits per heavy atom. The van der Waals surface area contributed by atoms with E-state index in [1.165, 1.54) is 31.5 Å². The number of halogens is 2. The fraction of sp³-hybridized carbons (Fsp3) is 0.286. The van der Waals surface area contributed by atoms with Crippen LogP contribution >= 0.6 is 23.2 Å². The number of hydrazone groups is 1. The number of nitro benzene ring substituents is 1. The highest BCUT2D eigenvalue weighted by Crippen LogP contribution is 2.27. The number of carbonyl (C=O) groups is 2. The molecule has 1 N–H and O–H groups in total. The zero-order valence-electron chi connectivity index (χ0n) is 17.1. The molecule has 11 heteroatoms. The Hall–Kier alpha value is -3.17. The zero-order valence-corrected chi connectivity index (χ0v) is 18.6. The van der Waals surface area contributed by atoms with E-state index in [2.05, 4.69) is 10.5 Å². The summed E-state index contributed by atoms with van der Waals surface area (Å²) in [7, 11) is 1.35. The van der Waals surface area contributed by atoms with Gasteiger partial charge in [0.05, 0.1) is 28.8 Å². The lowest BCUT2D eigenvalue weighted by Gasteiger charge is -2.31. The third-order valence-corrected chi connectivity index (χ3v) is 5.65. The molecule has 0 unspecified atom stereocenters. The number of methoxy groups -OCH3 is 1. The van der Waals surface area contributed by atoms with Crippen LogP contribution < -0.4 is 10.2 Å². The van der Waals surface area contributed by atoms with E-state index in [-0.39, 0.29) is 34.2 Å². The van der Waals surface area contributed by atoms with Gasteiger partial charge in [-0.1, -0.05) is 23.2 Å². The van der Waals surface area contributed by atoms with E-state index in [9.17, 15) is 19.7 Å². The molecular formula is C21H20Cl2N4O5. The normalized spacial score (nSPS) is 14.4. The Labute approximate surface area is 194 Å². The van der Waals surface area contributed by atoms with Gasteiger partial charge in [-0.05, 0) is 43.2 Å². The van der Waals surface area contributed by atoms with Gasteiger partial charge in [0.1, 0.15) is 0 Å². The monoisotopic (exact) mass is 478 g/mol. The fourth-order valence-corrected chi connectivity index (χ4v) is 3.86. The second-order valence-corrected chi connectivity index (χ2v) is 7.96. The van der Waals surface area contributed by atoms with Crippen LogP contribution in [0.15, 0.2) is 41.5 Å². The standard InChI is InChI=1S/C21H20Cl2N4O5/c1-32-19-5-2-13(10-18(19)27(30)31)12-24-25-20(28)14-6-8-26(9-7-14)21(29)16-4-3-15(22)11-17(16)23/h2-5,10-12,14H,6-9H2,1H3,(H,25,28)/b24-12-. The largest absolute Gasteiger partial charge is 0.490 e. The van der Waals surface area contributed by atoms with E-state index in [0.29, 0.717) is 42.1 Å². The maximum Gasteiger partial charge on any atom is 0.311 e. The molecule has 0 spiro atoms. The predicted octanol–water partition coefficient (Wildman–Crippen LogP) is 3.91. The highest BCUT2D eigenvalue weighted by atomic mass is 35.5. The van der Waals surface area contributed by atoms with Gasteiger partial charge in [-0.25, -0.2) is 5.43 Å². The van der Waals surface area contributed by atoms with Crippen LogP contribution in [-0.4, -0.2) is 48.1 Å². The van der Waals surface area contributed by atoms with Gasteiger partial charge in [0.15, 0.2) is 5.75 Å². The predicted molar refractivity (Wildman–Crippen MR) is 120 cm³/mol. The molecule has 0 aromatic heterocycles. The minimum absolute atomic E-state index is 0.136. The van der Waals surface area contributed by atoms with E-state index >= 15 is 0 Å². The molecule has 32 heavy (non-hydrogen) atoms. The smallest absolute Gasteiger partial charge is 0.311 e. The molecule has 2 aromatic carbocycles. The van der Waals surface area contributed by atoms with E-state index in [4.69, 9.17) is 27.9 Å². The number of carbonyl (C=O) groups excluding carboxylic acids is 2. The van der Waals surface area contributed by atoms with Gasteiger partial charge in [0.2, 0.25) is 5.91 Å². The summed E-state index contributed by atoms with van der Waals surface area (Å²) in [6, 6.07) is 9.07. The first-order valence-electron chi connectivity index (χ1n) is 9.70. The van der Waals surface area contributed by atoms with Crippen LogP contribution in [-0.2, 0) is 4.79 Å². The van der Waals surface area contributed by atoms with Gasteiger partial charge < -0.3 is 9.64 Å². The molecule has 168 valence electrons. The summed E-state index contributed by atoms with van der Waals surface area (Å²) in [5, 5.41) is 15.7. The van der Waals surface area contributed by atoms with Crippen molar-refractivity contribution in [1.29, 1.82) is 0 Å². The number of amides is 2. The zero-order chi connectivity index (χ0) is 23.3. The molecule has 1 saturated heterocycles. The average molecular weight is 479 g/mol. The molecule has 0 radical (unpaired) electrons. The fourth-order valence-electron chi connectivity index (χ4n) is 3.37. The molecule has 0 atom stereocenters. The number of hydrogen-bond donors (Lipinski definition) is 1. The molecular weight excluding hydrogens is 459 g/mol. The van der Waals surface area contributed by atoms with Crippen LogP contribution in [0.3, 0.4) is 0 Å². The molecule has 3 rings (SSSR count). The number of piperidine rings is 1. The van der Waals surface area contributed by atoms with Gasteiger partial charge in [0, 0.05) is 35.7 Å². The van der Waals surface area contributed by atoms with Gasteiger partial charge >= 0.3 is 5.69 Å². The number of benzene rings is 2. The molecule has 0 saturated carbocycles. The van der Waals surface area contributed by atoms with Gasteiger partial charge in [0.25, 0.3) is 5.91 Å². The van der Waals surface area contributed by atoms with Crippen molar-refractivity contribution in [2.45, 2.75) is 12.8 Å². The van der Waals surface area contributed by atoms with E-state index in [0.717, 1.165) is 0 Å². The highest BCUT2D eigenvalue weighted by Gasteiger charge is 2.28. The van der Waals surface area contributed by atoms with Crippen molar-refractivity contribution in [1.82, 2.24) is 10.3 Å². The lowest BCUT2D eigenvalue weighted by atomic mass is 9.95. The van der Waals surface area contributed by atoms with Crippen LogP contribution in [0.25, 0.3) is 0 Å². The second kappa shape index (κ2) is 10.4. The van der Waals surface area contributed by atoms with Crippen molar-refractivity contribution < 1.29 is 19.2 Å². The summed E-state index contributed by atoms with van der Waals surface area (Å²) in [6.45, 7) is 0.814. The summed E-state index contributed by atoms with van der Waals surface area (Å²) in [5.41, 5.74) is 3.08. The molecule has 9 nitrogen and oxygen atoms in total. The number of nitrogens with zero attached hydrogens (tertiary/aromatic N) is 3. The number of likely N-dealkylation sites (tertiary alicyclic amines) is 1. The van der Waals surface area contributed by atoms with Gasteiger partial charge in [-0.15, -0.1) is 0 Å². The first-order chi connectivity index (χ1) is 15.3. The average Bonchev–Trinajstić information content (AvgIpc) is 2.78. The number of ether oxygens (including phenoxy) is 1. The SMILES string of the molecule is COc1ccc(/C=N\NC(=O)C2CCN(C(=O)c3ccc(Cl)cc3Cl)CC2)cc1[N+](=O)[O-]. The second-order valence-electron chi connectivity index (χ2n) is 7.11. The molecule has 1 aliphatic rings. The quantitative estimate of drug-likeness (QED) is 0.383. The molecule has 0 bridgehead atoms. The summed E-state index contributed by atoms with van der Waals surface area (Å²) < 4.78 is 4.95. The van der Waals surface area contributed by atoms with Crippen molar-refractivity contribution in [3.8, 4) is 5.75 Å². The summed E-state index contributed by atoms with van der Waals surface area (Å²) in [6.07, 6.45) is 2.28. The summed E-state index contributed by atoms with van der Waals surface area (Å²) >= 11 is 12.0. The first-order valence-corrected chi connectivity index (χ1v) is 10.5. The molecule has 0 aliphatic carbocycles. The summed E-state index contributed by atoms with van der Waals surface area (Å²) in [5.74, 6) is -0.648. The third-order valence-electron chi connectivity index (χ3n) is 5.10. The van der Waals surface area contributed by atoms with Crippen LogP contribution in [0.4, 0.5) is 5.69 Å². The molecule has 1 aliphatic heterocycles. The van der Waals surface area contributed by atoms with Crippen molar-refractivity contribution in [3.05, 3.63) is 67.7 Å². The van der Waals surface area contributed by atoms with Crippen LogP contribution in [0.5, 0.6) is 5.75 Å². The maximum atomic E-state index is 12.7. The Morgan fingerprint density at radius 3 is 2.56 bits per heavy atom. The van der Waals surface area contributed by atoms with E-state index in [1.54, 1.807) is 23.1 Å². The van der Waals surface area contributed by atoms with Crippen LogP contribution in [0.2, 0.25) is 10.0 Å². The Morgan fingerprint density at radius 2 is 1.94 bits per heavy atom. The van der Waals surface area contributed by atoms with Crippen LogP contribution in [0, 0.1) is 16.0 Å². The minimum atomic E-state index is -0.555. The Bertz CT molecular complexity index is 1070. The van der Waals surface area contributed by atoms with Crippen molar-refractivity contribution in [3.63, 3.8) is 0 Å². The number of hydrogen-bond acceptors (Lipinski definition) is 6. The number of nitrogens with one attached hydrogen (secondary N) is 1. The molecule has 2 aromatic rings. The number of nitro groups is 1.